The average molecular weight is 467 g/mol. The molecule has 0 radical (unpaired) electrons. The molecule has 0 aromatic heterocycles. The molecule has 3 aromatic rings. The van der Waals surface area contributed by atoms with E-state index in [1.165, 1.54) is 17.0 Å². The lowest BCUT2D eigenvalue weighted by molar-refractivity contribution is -0.115. The van der Waals surface area contributed by atoms with Gasteiger partial charge in [0.15, 0.2) is 11.3 Å². The highest BCUT2D eigenvalue weighted by molar-refractivity contribution is 7.80. The van der Waals surface area contributed by atoms with Crippen LogP contribution in [0.4, 0.5) is 5.69 Å². The summed E-state index contributed by atoms with van der Waals surface area (Å²) in [5, 5.41) is 23.9. The first-order valence-corrected chi connectivity index (χ1v) is 10.5. The molecule has 1 aliphatic heterocycles. The fourth-order valence-electron chi connectivity index (χ4n) is 3.30. The third kappa shape index (κ3) is 4.45. The number of aliphatic hydroxyl groups excluding tert-OH is 1. The number of rotatable bonds is 4. The van der Waals surface area contributed by atoms with Gasteiger partial charge < -0.3 is 20.3 Å². The van der Waals surface area contributed by atoms with Crippen LogP contribution < -0.4 is 15.0 Å². The van der Waals surface area contributed by atoms with Crippen LogP contribution in [0.3, 0.4) is 0 Å². The van der Waals surface area contributed by atoms with Crippen LogP contribution >= 0.6 is 23.8 Å². The largest absolute Gasteiger partial charge is 0.507 e. The Bertz CT molecular complexity index is 1210. The van der Waals surface area contributed by atoms with Crippen molar-refractivity contribution in [2.45, 2.75) is 13.2 Å². The molecule has 4 rings (SSSR count). The third-order valence-corrected chi connectivity index (χ3v) is 5.41. The molecule has 3 N–H and O–H groups in total. The number of hydrogen-bond acceptors (Lipinski definition) is 5. The second-order valence-corrected chi connectivity index (χ2v) is 7.98. The van der Waals surface area contributed by atoms with Crippen LogP contribution in [0.1, 0.15) is 11.1 Å². The van der Waals surface area contributed by atoms with Crippen molar-refractivity contribution in [3.63, 3.8) is 0 Å². The highest BCUT2D eigenvalue weighted by Crippen LogP contribution is 2.31. The van der Waals surface area contributed by atoms with E-state index in [2.05, 4.69) is 5.32 Å². The minimum atomic E-state index is -1.33. The van der Waals surface area contributed by atoms with Crippen LogP contribution in [-0.4, -0.2) is 27.5 Å². The van der Waals surface area contributed by atoms with Gasteiger partial charge in [-0.2, -0.15) is 0 Å². The minimum absolute atomic E-state index is 0.0141. The van der Waals surface area contributed by atoms with Crippen molar-refractivity contribution < 1.29 is 19.7 Å². The molecule has 32 heavy (non-hydrogen) atoms. The molecule has 8 heteroatoms. The highest BCUT2D eigenvalue weighted by Gasteiger charge is 2.34. The molecule has 1 heterocycles. The molecule has 0 spiro atoms. The van der Waals surface area contributed by atoms with E-state index in [1.807, 2.05) is 30.3 Å². The van der Waals surface area contributed by atoms with Crippen LogP contribution in [0, 0.1) is 6.92 Å². The van der Waals surface area contributed by atoms with E-state index in [1.54, 1.807) is 37.3 Å². The lowest BCUT2D eigenvalue weighted by Crippen LogP contribution is -2.56. The molecule has 1 aliphatic rings. The van der Waals surface area contributed by atoms with E-state index in [0.717, 1.165) is 0 Å². The molecule has 1 atom stereocenters. The zero-order valence-electron chi connectivity index (χ0n) is 16.9. The number of carbonyl (C=O) groups excluding carboxylic acids is 1. The fraction of sp³-hybridized carbons (Fsp3) is 0.0833. The number of thiocarbonyl (C=S) groups is 1. The Balaban J connectivity index is 1.63. The van der Waals surface area contributed by atoms with E-state index in [0.29, 0.717) is 33.3 Å². The maximum atomic E-state index is 13.2. The maximum Gasteiger partial charge on any atom is 0.265 e. The summed E-state index contributed by atoms with van der Waals surface area (Å²) in [7, 11) is 0. The van der Waals surface area contributed by atoms with Crippen LogP contribution in [0.5, 0.6) is 17.2 Å². The molecular weight excluding hydrogens is 448 g/mol. The summed E-state index contributed by atoms with van der Waals surface area (Å²) < 4.78 is 5.78. The van der Waals surface area contributed by atoms with Crippen molar-refractivity contribution in [2.24, 2.45) is 0 Å². The van der Waals surface area contributed by atoms with E-state index >= 15 is 0 Å². The SMILES string of the molecule is Cc1cc(Cl)cc(C=C2C(=O)N(c3ccc(Oc4ccccc4)cc3)C(=S)NC2O)c1O. The number of phenolic OH excluding ortho intramolecular Hbond substituents is 1. The molecule has 1 fully saturated rings. The molecule has 0 bridgehead atoms. The van der Waals surface area contributed by atoms with Crippen LogP contribution in [0.15, 0.2) is 72.3 Å². The summed E-state index contributed by atoms with van der Waals surface area (Å²) in [4.78, 5) is 14.5. The first kappa shape index (κ1) is 21.8. The molecule has 162 valence electrons. The van der Waals surface area contributed by atoms with Gasteiger partial charge in [-0.15, -0.1) is 0 Å². The molecule has 1 unspecified atom stereocenters. The summed E-state index contributed by atoms with van der Waals surface area (Å²) in [5.41, 5.74) is 1.38. The number of nitrogens with zero attached hydrogens (tertiary/aromatic N) is 1. The second kappa shape index (κ2) is 9.00. The summed E-state index contributed by atoms with van der Waals surface area (Å²) in [6.07, 6.45) is 0.0706. The lowest BCUT2D eigenvalue weighted by atomic mass is 10.0. The number of carbonyl (C=O) groups is 1. The number of benzene rings is 3. The normalized spacial score (nSPS) is 17.4. The van der Waals surface area contributed by atoms with Crippen LogP contribution in [0.25, 0.3) is 6.08 Å². The van der Waals surface area contributed by atoms with Gasteiger partial charge in [-0.1, -0.05) is 29.8 Å². The number of anilines is 1. The number of aromatic hydroxyl groups is 1. The zero-order valence-corrected chi connectivity index (χ0v) is 18.5. The Kier molecular flexibility index (Phi) is 6.14. The predicted molar refractivity (Wildman–Crippen MR) is 128 cm³/mol. The number of halogens is 1. The van der Waals surface area contributed by atoms with Crippen molar-refractivity contribution in [1.29, 1.82) is 0 Å². The number of aliphatic hydroxyl groups is 1. The number of amides is 1. The van der Waals surface area contributed by atoms with Crippen molar-refractivity contribution in [3.8, 4) is 17.2 Å². The molecule has 0 saturated carbocycles. The minimum Gasteiger partial charge on any atom is -0.507 e. The number of hydrogen-bond donors (Lipinski definition) is 3. The molecule has 6 nitrogen and oxygen atoms in total. The van der Waals surface area contributed by atoms with Crippen molar-refractivity contribution in [1.82, 2.24) is 5.32 Å². The Morgan fingerprint density at radius 1 is 1.09 bits per heavy atom. The van der Waals surface area contributed by atoms with Crippen LogP contribution in [-0.2, 0) is 4.79 Å². The van der Waals surface area contributed by atoms with Gasteiger partial charge in [-0.25, -0.2) is 0 Å². The number of nitrogens with one attached hydrogen (secondary N) is 1. The third-order valence-electron chi connectivity index (χ3n) is 4.89. The first-order valence-electron chi connectivity index (χ1n) is 9.70. The van der Waals surface area contributed by atoms with Gasteiger partial charge in [-0.05, 0) is 79.3 Å². The summed E-state index contributed by atoms with van der Waals surface area (Å²) in [6.45, 7) is 1.70. The number of phenols is 1. The summed E-state index contributed by atoms with van der Waals surface area (Å²) in [5.74, 6) is 0.744. The predicted octanol–water partition coefficient (Wildman–Crippen LogP) is 4.77. The highest BCUT2D eigenvalue weighted by atomic mass is 35.5. The zero-order chi connectivity index (χ0) is 22.8. The summed E-state index contributed by atoms with van der Waals surface area (Å²) >= 11 is 11.4. The smallest absolute Gasteiger partial charge is 0.265 e. The van der Waals surface area contributed by atoms with E-state index in [4.69, 9.17) is 28.6 Å². The van der Waals surface area contributed by atoms with Gasteiger partial charge >= 0.3 is 0 Å². The van der Waals surface area contributed by atoms with E-state index in [9.17, 15) is 15.0 Å². The van der Waals surface area contributed by atoms with Crippen molar-refractivity contribution >= 4 is 46.6 Å². The Morgan fingerprint density at radius 2 is 1.75 bits per heavy atom. The van der Waals surface area contributed by atoms with Crippen molar-refractivity contribution in [3.05, 3.63) is 88.5 Å². The average Bonchev–Trinajstić information content (AvgIpc) is 2.76. The molecule has 3 aromatic carbocycles. The first-order chi connectivity index (χ1) is 15.3. The molecule has 1 amide bonds. The van der Waals surface area contributed by atoms with Gasteiger partial charge in [0.1, 0.15) is 17.2 Å². The monoisotopic (exact) mass is 466 g/mol. The van der Waals surface area contributed by atoms with Gasteiger partial charge in [0.05, 0.1) is 11.3 Å². The number of para-hydroxylation sites is 1. The Hall–Kier alpha value is -3.39. The summed E-state index contributed by atoms with van der Waals surface area (Å²) in [6, 6.07) is 19.3. The van der Waals surface area contributed by atoms with Crippen molar-refractivity contribution in [2.75, 3.05) is 4.90 Å². The van der Waals surface area contributed by atoms with E-state index < -0.39 is 12.1 Å². The molecular formula is C24H19ClN2O4S. The van der Waals surface area contributed by atoms with E-state index in [-0.39, 0.29) is 16.4 Å². The van der Waals surface area contributed by atoms with Gasteiger partial charge in [-0.3, -0.25) is 9.69 Å². The second-order valence-electron chi connectivity index (χ2n) is 7.16. The fourth-order valence-corrected chi connectivity index (χ4v) is 3.88. The number of ether oxygens (including phenoxy) is 1. The van der Waals surface area contributed by atoms with Crippen LogP contribution in [0.2, 0.25) is 5.02 Å². The topological polar surface area (TPSA) is 82.0 Å². The van der Waals surface area contributed by atoms with Gasteiger partial charge in [0.2, 0.25) is 0 Å². The standard InChI is InChI=1S/C24H19ClN2O4S/c1-14-11-16(25)12-15(21(14)28)13-20-22(29)26-24(32)27(23(20)30)17-7-9-19(10-8-17)31-18-5-3-2-4-6-18/h2-13,22,28-29H,1H3,(H,26,32). The Morgan fingerprint density at radius 3 is 2.44 bits per heavy atom. The maximum absolute atomic E-state index is 13.2. The quantitative estimate of drug-likeness (QED) is 0.379. The van der Waals surface area contributed by atoms with Gasteiger partial charge in [0.25, 0.3) is 5.91 Å². The van der Waals surface area contributed by atoms with Gasteiger partial charge in [0, 0.05) is 10.6 Å². The lowest BCUT2D eigenvalue weighted by Gasteiger charge is -2.33. The Labute approximate surface area is 195 Å². The molecule has 0 aliphatic carbocycles. The molecule has 1 saturated heterocycles. The number of aryl methyl sites for hydroxylation is 1.